The number of rotatable bonds is 4. The molecule has 1 heterocycles. The number of benzene rings is 1. The highest BCUT2D eigenvalue weighted by atomic mass is 35.5. The molecule has 0 spiro atoms. The van der Waals surface area contributed by atoms with Crippen molar-refractivity contribution in [1.82, 2.24) is 10.3 Å². The van der Waals surface area contributed by atoms with Crippen LogP contribution in [0.1, 0.15) is 29.8 Å². The average Bonchev–Trinajstić information content (AvgIpc) is 2.38. The minimum absolute atomic E-state index is 0.281. The van der Waals surface area contributed by atoms with Crippen molar-refractivity contribution in [3.63, 3.8) is 0 Å². The van der Waals surface area contributed by atoms with Crippen LogP contribution in [0.2, 0.25) is 5.02 Å². The summed E-state index contributed by atoms with van der Waals surface area (Å²) in [5.74, 6) is 0. The number of pyridine rings is 1. The van der Waals surface area contributed by atoms with Gasteiger partial charge in [0.15, 0.2) is 0 Å². The third-order valence-corrected chi connectivity index (χ3v) is 3.32. The maximum absolute atomic E-state index is 5.88. The largest absolute Gasteiger partial charge is 0.305 e. The molecule has 0 fully saturated rings. The van der Waals surface area contributed by atoms with Crippen LogP contribution in [0.5, 0.6) is 0 Å². The Morgan fingerprint density at radius 2 is 1.94 bits per heavy atom. The molecule has 0 saturated heterocycles. The summed E-state index contributed by atoms with van der Waals surface area (Å²) in [5.41, 5.74) is 3.54. The van der Waals surface area contributed by atoms with Crippen molar-refractivity contribution in [2.24, 2.45) is 0 Å². The molecule has 1 aromatic carbocycles. The summed E-state index contributed by atoms with van der Waals surface area (Å²) in [6, 6.07) is 12.3. The molecule has 0 amide bonds. The summed E-state index contributed by atoms with van der Waals surface area (Å²) in [4.78, 5) is 4.37. The lowest BCUT2D eigenvalue weighted by molar-refractivity contribution is 0.566. The van der Waals surface area contributed by atoms with E-state index in [9.17, 15) is 0 Å². The molecule has 3 heteroatoms. The Morgan fingerprint density at radius 3 is 2.61 bits per heavy atom. The van der Waals surface area contributed by atoms with Crippen LogP contribution in [0.4, 0.5) is 0 Å². The number of nitrogens with zero attached hydrogens (tertiary/aromatic N) is 1. The zero-order chi connectivity index (χ0) is 13.0. The van der Waals surface area contributed by atoms with Crippen molar-refractivity contribution >= 4 is 11.6 Å². The van der Waals surface area contributed by atoms with Crippen LogP contribution in [0.15, 0.2) is 42.6 Å². The second-order valence-corrected chi connectivity index (χ2v) is 4.86. The fraction of sp³-hybridized carbons (Fsp3) is 0.267. The van der Waals surface area contributed by atoms with Crippen LogP contribution in [-0.2, 0) is 6.54 Å². The van der Waals surface area contributed by atoms with Gasteiger partial charge >= 0.3 is 0 Å². The zero-order valence-corrected chi connectivity index (χ0v) is 11.4. The topological polar surface area (TPSA) is 24.9 Å². The van der Waals surface area contributed by atoms with Crippen molar-refractivity contribution in [3.05, 3.63) is 64.4 Å². The van der Waals surface area contributed by atoms with Gasteiger partial charge in [-0.1, -0.05) is 29.8 Å². The predicted molar refractivity (Wildman–Crippen MR) is 75.7 cm³/mol. The molecule has 18 heavy (non-hydrogen) atoms. The summed E-state index contributed by atoms with van der Waals surface area (Å²) in [5, 5.41) is 4.24. The normalized spacial score (nSPS) is 12.4. The van der Waals surface area contributed by atoms with Gasteiger partial charge in [0.05, 0.1) is 5.69 Å². The van der Waals surface area contributed by atoms with E-state index in [0.717, 1.165) is 17.3 Å². The Kier molecular flexibility index (Phi) is 4.34. The summed E-state index contributed by atoms with van der Waals surface area (Å²) in [6.45, 7) is 4.99. The lowest BCUT2D eigenvalue weighted by atomic mass is 10.1. The molecule has 0 radical (unpaired) electrons. The van der Waals surface area contributed by atoms with Crippen molar-refractivity contribution in [3.8, 4) is 0 Å². The Morgan fingerprint density at radius 1 is 1.22 bits per heavy atom. The number of nitrogens with one attached hydrogen (secondary N) is 1. The first-order valence-corrected chi connectivity index (χ1v) is 6.44. The predicted octanol–water partition coefficient (Wildman–Crippen LogP) is 3.89. The van der Waals surface area contributed by atoms with Crippen LogP contribution in [-0.4, -0.2) is 4.98 Å². The molecular formula is C15H17ClN2. The minimum atomic E-state index is 0.281. The molecule has 0 aliphatic rings. The lowest BCUT2D eigenvalue weighted by Crippen LogP contribution is -2.19. The molecule has 0 saturated carbocycles. The molecule has 1 N–H and O–H groups in total. The smallest absolute Gasteiger partial charge is 0.0570 e. The van der Waals surface area contributed by atoms with Crippen LogP contribution in [0.3, 0.4) is 0 Å². The van der Waals surface area contributed by atoms with E-state index in [4.69, 9.17) is 11.6 Å². The van der Waals surface area contributed by atoms with Gasteiger partial charge < -0.3 is 5.32 Å². The molecule has 0 aliphatic carbocycles. The van der Waals surface area contributed by atoms with Gasteiger partial charge in [0.25, 0.3) is 0 Å². The van der Waals surface area contributed by atoms with Crippen molar-refractivity contribution in [2.45, 2.75) is 26.4 Å². The second-order valence-electron chi connectivity index (χ2n) is 4.42. The highest BCUT2D eigenvalue weighted by molar-refractivity contribution is 6.30. The van der Waals surface area contributed by atoms with E-state index in [1.807, 2.05) is 36.5 Å². The quantitative estimate of drug-likeness (QED) is 0.902. The summed E-state index contributed by atoms with van der Waals surface area (Å²) < 4.78 is 0. The van der Waals surface area contributed by atoms with E-state index >= 15 is 0 Å². The maximum Gasteiger partial charge on any atom is 0.0570 e. The fourth-order valence-electron chi connectivity index (χ4n) is 1.82. The second kappa shape index (κ2) is 5.98. The van der Waals surface area contributed by atoms with Crippen molar-refractivity contribution < 1.29 is 0 Å². The van der Waals surface area contributed by atoms with Gasteiger partial charge in [-0.15, -0.1) is 0 Å². The Balaban J connectivity index is 1.98. The number of aryl methyl sites for hydroxylation is 1. The van der Waals surface area contributed by atoms with E-state index in [0.29, 0.717) is 0 Å². The first kappa shape index (κ1) is 13.1. The summed E-state index contributed by atoms with van der Waals surface area (Å²) in [7, 11) is 0. The third-order valence-electron chi connectivity index (χ3n) is 3.06. The number of hydrogen-bond acceptors (Lipinski definition) is 2. The van der Waals surface area contributed by atoms with E-state index in [-0.39, 0.29) is 6.04 Å². The molecule has 0 bridgehead atoms. The molecule has 0 aliphatic heterocycles. The highest BCUT2D eigenvalue weighted by Gasteiger charge is 2.06. The molecule has 2 rings (SSSR count). The fourth-order valence-corrected chi connectivity index (χ4v) is 1.95. The molecule has 2 aromatic rings. The van der Waals surface area contributed by atoms with Gasteiger partial charge in [0, 0.05) is 23.8 Å². The Labute approximate surface area is 113 Å². The van der Waals surface area contributed by atoms with Gasteiger partial charge in [0.1, 0.15) is 0 Å². The molecular weight excluding hydrogens is 244 g/mol. The van der Waals surface area contributed by atoms with Crippen molar-refractivity contribution in [2.75, 3.05) is 0 Å². The zero-order valence-electron chi connectivity index (χ0n) is 10.7. The van der Waals surface area contributed by atoms with Crippen molar-refractivity contribution in [1.29, 1.82) is 0 Å². The average molecular weight is 261 g/mol. The third kappa shape index (κ3) is 3.31. The molecule has 1 atom stereocenters. The first-order valence-electron chi connectivity index (χ1n) is 6.06. The van der Waals surface area contributed by atoms with Crippen LogP contribution >= 0.6 is 11.6 Å². The number of hydrogen-bond donors (Lipinski definition) is 1. The Bertz CT molecular complexity index is 508. The molecule has 2 nitrogen and oxygen atoms in total. The van der Waals surface area contributed by atoms with Crippen LogP contribution < -0.4 is 5.32 Å². The highest BCUT2D eigenvalue weighted by Crippen LogP contribution is 2.16. The number of aromatic nitrogens is 1. The van der Waals surface area contributed by atoms with E-state index < -0.39 is 0 Å². The van der Waals surface area contributed by atoms with Crippen LogP contribution in [0, 0.1) is 6.92 Å². The SMILES string of the molecule is Cc1cccnc1CN[C@@H](C)c1ccc(Cl)cc1. The maximum atomic E-state index is 5.88. The van der Waals surface area contributed by atoms with Gasteiger partial charge in [-0.25, -0.2) is 0 Å². The van der Waals surface area contributed by atoms with Gasteiger partial charge in [-0.2, -0.15) is 0 Å². The van der Waals surface area contributed by atoms with Gasteiger partial charge in [-0.3, -0.25) is 4.98 Å². The number of halogens is 1. The summed E-state index contributed by atoms with van der Waals surface area (Å²) in [6.07, 6.45) is 1.83. The monoisotopic (exact) mass is 260 g/mol. The molecule has 1 aromatic heterocycles. The summed E-state index contributed by atoms with van der Waals surface area (Å²) >= 11 is 5.88. The van der Waals surface area contributed by atoms with Gasteiger partial charge in [0.2, 0.25) is 0 Å². The lowest BCUT2D eigenvalue weighted by Gasteiger charge is -2.14. The van der Waals surface area contributed by atoms with E-state index in [2.05, 4.69) is 30.2 Å². The van der Waals surface area contributed by atoms with Gasteiger partial charge in [-0.05, 0) is 43.2 Å². The molecule has 0 unspecified atom stereocenters. The van der Waals surface area contributed by atoms with E-state index in [1.54, 1.807) is 0 Å². The van der Waals surface area contributed by atoms with E-state index in [1.165, 1.54) is 11.1 Å². The standard InChI is InChI=1S/C15H17ClN2/c1-11-4-3-9-17-15(11)10-18-12(2)13-5-7-14(16)8-6-13/h3-9,12,18H,10H2,1-2H3/t12-/m0/s1. The Hall–Kier alpha value is -1.38. The molecule has 94 valence electrons. The van der Waals surface area contributed by atoms with Crippen LogP contribution in [0.25, 0.3) is 0 Å². The minimum Gasteiger partial charge on any atom is -0.305 e. The first-order chi connectivity index (χ1) is 8.66.